The normalized spacial score (nSPS) is 11.6. The quantitative estimate of drug-likeness (QED) is 0.471. The Bertz CT molecular complexity index is 1440. The molecule has 0 bridgehead atoms. The lowest BCUT2D eigenvalue weighted by atomic mass is 10.0. The molecule has 2 amide bonds. The van der Waals surface area contributed by atoms with Crippen LogP contribution in [0, 0.1) is 23.1 Å². The number of hydrogen-bond acceptors (Lipinski definition) is 5. The van der Waals surface area contributed by atoms with Gasteiger partial charge in [-0.05, 0) is 43.2 Å². The standard InChI is InChI=1S/C23H21ClFN5O4/c1-3-30-22(33)16-8-15(10-18(25)21(16)29-23(30)34)28-20(32)7-12(2)6-19(31)27-14-5-4-13(11-26)17(24)9-14/h4-5,8-10,12H,3,6-7H2,1-2H3,(H,27,31)(H,28,32)(H,29,34). The molecule has 9 nitrogen and oxygen atoms in total. The molecule has 2 aromatic carbocycles. The highest BCUT2D eigenvalue weighted by atomic mass is 35.5. The summed E-state index contributed by atoms with van der Waals surface area (Å²) < 4.78 is 15.4. The van der Waals surface area contributed by atoms with Crippen molar-refractivity contribution in [2.75, 3.05) is 10.6 Å². The third-order valence-corrected chi connectivity index (χ3v) is 5.40. The molecule has 3 N–H and O–H groups in total. The maximum Gasteiger partial charge on any atom is 0.328 e. The molecule has 0 spiro atoms. The van der Waals surface area contributed by atoms with Crippen molar-refractivity contribution in [3.8, 4) is 6.07 Å². The molecule has 1 atom stereocenters. The van der Waals surface area contributed by atoms with Crippen LogP contribution in [0.15, 0.2) is 39.9 Å². The van der Waals surface area contributed by atoms with Gasteiger partial charge < -0.3 is 15.6 Å². The van der Waals surface area contributed by atoms with Gasteiger partial charge in [0.15, 0.2) is 0 Å². The zero-order chi connectivity index (χ0) is 25.0. The summed E-state index contributed by atoms with van der Waals surface area (Å²) in [4.78, 5) is 51.4. The van der Waals surface area contributed by atoms with Gasteiger partial charge in [-0.1, -0.05) is 18.5 Å². The molecule has 0 fully saturated rings. The highest BCUT2D eigenvalue weighted by molar-refractivity contribution is 6.32. The molecule has 1 unspecified atom stereocenters. The summed E-state index contributed by atoms with van der Waals surface area (Å²) in [6.07, 6.45) is -0.00835. The number of amides is 2. The smallest absolute Gasteiger partial charge is 0.326 e. The maximum atomic E-state index is 14.5. The van der Waals surface area contributed by atoms with E-state index >= 15 is 0 Å². The number of nitrogens with one attached hydrogen (secondary N) is 3. The van der Waals surface area contributed by atoms with Gasteiger partial charge in [0.2, 0.25) is 11.8 Å². The summed E-state index contributed by atoms with van der Waals surface area (Å²) in [7, 11) is 0. The lowest BCUT2D eigenvalue weighted by Gasteiger charge is -2.13. The van der Waals surface area contributed by atoms with Crippen LogP contribution in [0.3, 0.4) is 0 Å². The SMILES string of the molecule is CCn1c(=O)[nH]c2c(F)cc(NC(=O)CC(C)CC(=O)Nc3ccc(C#N)c(Cl)c3)cc2c1=O. The van der Waals surface area contributed by atoms with Crippen molar-refractivity contribution in [2.24, 2.45) is 5.92 Å². The summed E-state index contributed by atoms with van der Waals surface area (Å²) >= 11 is 5.95. The molecular weight excluding hydrogens is 465 g/mol. The van der Waals surface area contributed by atoms with Gasteiger partial charge in [-0.3, -0.25) is 19.0 Å². The maximum absolute atomic E-state index is 14.5. The zero-order valence-electron chi connectivity index (χ0n) is 18.4. The second-order valence-corrected chi connectivity index (χ2v) is 8.18. The second kappa shape index (κ2) is 10.3. The predicted octanol–water partition coefficient (Wildman–Crippen LogP) is 3.37. The van der Waals surface area contributed by atoms with Crippen LogP contribution in [-0.2, 0) is 16.1 Å². The minimum Gasteiger partial charge on any atom is -0.326 e. The second-order valence-electron chi connectivity index (χ2n) is 7.78. The molecule has 0 aliphatic carbocycles. The van der Waals surface area contributed by atoms with Gasteiger partial charge in [-0.25, -0.2) is 9.18 Å². The van der Waals surface area contributed by atoms with Crippen molar-refractivity contribution in [2.45, 2.75) is 33.2 Å². The summed E-state index contributed by atoms with van der Waals surface area (Å²) in [6, 6.07) is 8.74. The average Bonchev–Trinajstić information content (AvgIpc) is 2.75. The molecule has 176 valence electrons. The Morgan fingerprint density at radius 3 is 2.38 bits per heavy atom. The van der Waals surface area contributed by atoms with Gasteiger partial charge in [0.05, 0.1) is 21.5 Å². The Balaban J connectivity index is 1.65. The van der Waals surface area contributed by atoms with E-state index in [0.29, 0.717) is 5.69 Å². The number of benzene rings is 2. The van der Waals surface area contributed by atoms with Crippen LogP contribution in [0.25, 0.3) is 10.9 Å². The number of aromatic nitrogens is 2. The highest BCUT2D eigenvalue weighted by Gasteiger charge is 2.17. The molecule has 3 aromatic rings. The Kier molecular flexibility index (Phi) is 7.48. The van der Waals surface area contributed by atoms with Crippen molar-refractivity contribution in [3.05, 3.63) is 67.6 Å². The first-order valence-corrected chi connectivity index (χ1v) is 10.8. The summed E-state index contributed by atoms with van der Waals surface area (Å²) in [6.45, 7) is 3.42. The van der Waals surface area contributed by atoms with Crippen LogP contribution < -0.4 is 21.9 Å². The summed E-state index contributed by atoms with van der Waals surface area (Å²) in [5, 5.41) is 14.2. The molecule has 0 aliphatic rings. The molecule has 0 saturated carbocycles. The first kappa shape index (κ1) is 24.7. The van der Waals surface area contributed by atoms with E-state index in [1.54, 1.807) is 19.9 Å². The number of rotatable bonds is 7. The van der Waals surface area contributed by atoms with Crippen LogP contribution in [0.1, 0.15) is 32.3 Å². The Morgan fingerprint density at radius 2 is 1.79 bits per heavy atom. The zero-order valence-corrected chi connectivity index (χ0v) is 19.1. The fraction of sp³-hybridized carbons (Fsp3) is 0.261. The first-order valence-electron chi connectivity index (χ1n) is 10.4. The van der Waals surface area contributed by atoms with Gasteiger partial charge in [-0.2, -0.15) is 5.26 Å². The van der Waals surface area contributed by atoms with E-state index in [0.717, 1.165) is 10.6 Å². The van der Waals surface area contributed by atoms with E-state index in [9.17, 15) is 23.6 Å². The van der Waals surface area contributed by atoms with E-state index in [2.05, 4.69) is 15.6 Å². The van der Waals surface area contributed by atoms with Crippen molar-refractivity contribution in [1.29, 1.82) is 5.26 Å². The van der Waals surface area contributed by atoms with Crippen LogP contribution in [0.4, 0.5) is 15.8 Å². The molecule has 0 aliphatic heterocycles. The predicted molar refractivity (Wildman–Crippen MR) is 126 cm³/mol. The third kappa shape index (κ3) is 5.50. The number of hydrogen-bond donors (Lipinski definition) is 3. The molecule has 34 heavy (non-hydrogen) atoms. The van der Waals surface area contributed by atoms with Crippen molar-refractivity contribution in [3.63, 3.8) is 0 Å². The van der Waals surface area contributed by atoms with Crippen molar-refractivity contribution in [1.82, 2.24) is 9.55 Å². The fourth-order valence-electron chi connectivity index (χ4n) is 3.49. The minimum atomic E-state index is -0.848. The Morgan fingerprint density at radius 1 is 1.15 bits per heavy atom. The Labute approximate surface area is 198 Å². The van der Waals surface area contributed by atoms with Crippen LogP contribution in [0.2, 0.25) is 5.02 Å². The van der Waals surface area contributed by atoms with Gasteiger partial charge >= 0.3 is 5.69 Å². The lowest BCUT2D eigenvalue weighted by Crippen LogP contribution is -2.34. The number of carbonyl (C=O) groups is 2. The van der Waals surface area contributed by atoms with E-state index in [4.69, 9.17) is 16.9 Å². The number of carbonyl (C=O) groups excluding carboxylic acids is 2. The van der Waals surface area contributed by atoms with Crippen LogP contribution in [0.5, 0.6) is 0 Å². The van der Waals surface area contributed by atoms with E-state index in [1.807, 2.05) is 6.07 Å². The van der Waals surface area contributed by atoms with E-state index in [-0.39, 0.29) is 58.4 Å². The molecule has 11 heteroatoms. The monoisotopic (exact) mass is 485 g/mol. The summed E-state index contributed by atoms with van der Waals surface area (Å²) in [5.41, 5.74) is -0.838. The van der Waals surface area contributed by atoms with Crippen molar-refractivity contribution < 1.29 is 14.0 Å². The topological polar surface area (TPSA) is 137 Å². The largest absolute Gasteiger partial charge is 0.328 e. The summed E-state index contributed by atoms with van der Waals surface area (Å²) in [5.74, 6) is -2.02. The molecule has 1 heterocycles. The molecule has 3 rings (SSSR count). The highest BCUT2D eigenvalue weighted by Crippen LogP contribution is 2.22. The number of nitriles is 1. The number of aromatic amines is 1. The molecule has 0 radical (unpaired) electrons. The van der Waals surface area contributed by atoms with Gasteiger partial charge in [0.25, 0.3) is 5.56 Å². The van der Waals surface area contributed by atoms with E-state index < -0.39 is 23.0 Å². The van der Waals surface area contributed by atoms with Gasteiger partial charge in [0, 0.05) is 30.8 Å². The molecular formula is C23H21ClFN5O4. The van der Waals surface area contributed by atoms with Crippen LogP contribution in [-0.4, -0.2) is 21.4 Å². The van der Waals surface area contributed by atoms with Crippen molar-refractivity contribution >= 4 is 45.7 Å². The molecule has 0 saturated heterocycles. The number of H-pyrrole nitrogens is 1. The third-order valence-electron chi connectivity index (χ3n) is 5.08. The fourth-order valence-corrected chi connectivity index (χ4v) is 3.71. The lowest BCUT2D eigenvalue weighted by molar-refractivity contribution is -0.118. The first-order chi connectivity index (χ1) is 16.1. The van der Waals surface area contributed by atoms with E-state index in [1.165, 1.54) is 18.2 Å². The number of nitrogens with zero attached hydrogens (tertiary/aromatic N) is 2. The Hall–Kier alpha value is -3.97. The minimum absolute atomic E-state index is 0.0273. The average molecular weight is 486 g/mol. The molecule has 1 aromatic heterocycles. The number of halogens is 2. The number of fused-ring (bicyclic) bond motifs is 1. The number of anilines is 2. The van der Waals surface area contributed by atoms with Gasteiger partial charge in [0.1, 0.15) is 11.9 Å². The van der Waals surface area contributed by atoms with Crippen LogP contribution >= 0.6 is 11.6 Å². The van der Waals surface area contributed by atoms with Gasteiger partial charge in [-0.15, -0.1) is 0 Å².